The van der Waals surface area contributed by atoms with Gasteiger partial charge in [-0.25, -0.2) is 24.6 Å². The molecule has 0 radical (unpaired) electrons. The summed E-state index contributed by atoms with van der Waals surface area (Å²) in [5.41, 5.74) is 2.61. The minimum Gasteiger partial charge on any atom is -0.471 e. The van der Waals surface area contributed by atoms with Crippen molar-refractivity contribution >= 4 is 5.82 Å². The van der Waals surface area contributed by atoms with E-state index in [1.54, 1.807) is 13.8 Å². The molecule has 0 bridgehead atoms. The van der Waals surface area contributed by atoms with Gasteiger partial charge >= 0.3 is 12.3 Å². The van der Waals surface area contributed by atoms with Crippen molar-refractivity contribution in [2.75, 3.05) is 12.0 Å². The Morgan fingerprint density at radius 1 is 1.37 bits per heavy atom. The Labute approximate surface area is 107 Å². The van der Waals surface area contributed by atoms with E-state index in [9.17, 15) is 17.6 Å². The van der Waals surface area contributed by atoms with Crippen molar-refractivity contribution in [3.63, 3.8) is 0 Å². The van der Waals surface area contributed by atoms with Crippen LogP contribution < -0.4 is 16.0 Å². The molecule has 1 rings (SSSR count). The predicted molar refractivity (Wildman–Crippen MR) is 60.4 cm³/mol. The van der Waals surface area contributed by atoms with Crippen LogP contribution in [0, 0.1) is 0 Å². The molecule has 0 fully saturated rings. The molecule has 0 aliphatic carbocycles. The van der Waals surface area contributed by atoms with Crippen LogP contribution in [0.4, 0.5) is 23.4 Å². The average molecular weight is 282 g/mol. The van der Waals surface area contributed by atoms with Crippen molar-refractivity contribution in [2.24, 2.45) is 5.84 Å². The molecule has 108 valence electrons. The number of nitrogen functional groups attached to an aromatic ring is 1. The summed E-state index contributed by atoms with van der Waals surface area (Å²) in [4.78, 5) is 7.46. The third kappa shape index (κ3) is 3.66. The minimum absolute atomic E-state index is 0.192. The lowest BCUT2D eigenvalue weighted by Gasteiger charge is -2.19. The van der Waals surface area contributed by atoms with Crippen molar-refractivity contribution in [3.8, 4) is 5.88 Å². The Morgan fingerprint density at radius 3 is 2.47 bits per heavy atom. The molecule has 9 heteroatoms. The average Bonchev–Trinajstić information content (AvgIpc) is 2.35. The smallest absolute Gasteiger partial charge is 0.340 e. The van der Waals surface area contributed by atoms with Crippen molar-refractivity contribution in [3.05, 3.63) is 11.9 Å². The zero-order valence-electron chi connectivity index (χ0n) is 10.3. The number of hydrazine groups is 1. The van der Waals surface area contributed by atoms with E-state index >= 15 is 0 Å². The fourth-order valence-electron chi connectivity index (χ4n) is 1.36. The van der Waals surface area contributed by atoms with Gasteiger partial charge in [0.1, 0.15) is 6.33 Å². The van der Waals surface area contributed by atoms with E-state index in [4.69, 9.17) is 10.6 Å². The maximum Gasteiger partial charge on any atom is 0.340 e. The molecule has 5 nitrogen and oxygen atoms in total. The van der Waals surface area contributed by atoms with Crippen LogP contribution in [0.25, 0.3) is 0 Å². The molecule has 1 heterocycles. The molecular formula is C10H14F4N4O. The van der Waals surface area contributed by atoms with E-state index in [0.29, 0.717) is 5.56 Å². The normalized spacial score (nSPS) is 12.1. The van der Waals surface area contributed by atoms with Gasteiger partial charge in [-0.2, -0.15) is 8.78 Å². The van der Waals surface area contributed by atoms with Gasteiger partial charge in [0.25, 0.3) is 0 Å². The maximum atomic E-state index is 12.8. The summed E-state index contributed by atoms with van der Waals surface area (Å²) >= 11 is 0. The summed E-state index contributed by atoms with van der Waals surface area (Å²) in [5.74, 6) is 0.789. The SMILES string of the molecule is CC(C)c1c(NN)ncnc1OCC(F)(F)C(F)F. The molecule has 1 aromatic rings. The highest BCUT2D eigenvalue weighted by Crippen LogP contribution is 2.31. The van der Waals surface area contributed by atoms with Crippen LogP contribution in [0.1, 0.15) is 25.3 Å². The third-order valence-electron chi connectivity index (χ3n) is 2.28. The molecule has 0 unspecified atom stereocenters. The fourth-order valence-corrected chi connectivity index (χ4v) is 1.36. The van der Waals surface area contributed by atoms with Crippen LogP contribution in [-0.2, 0) is 0 Å². The first-order chi connectivity index (χ1) is 8.79. The maximum absolute atomic E-state index is 12.8. The number of nitrogens with zero attached hydrogens (tertiary/aromatic N) is 2. The van der Waals surface area contributed by atoms with Gasteiger partial charge in [-0.1, -0.05) is 13.8 Å². The van der Waals surface area contributed by atoms with Gasteiger partial charge in [-0.05, 0) is 5.92 Å². The molecule has 0 aromatic carbocycles. The summed E-state index contributed by atoms with van der Waals surface area (Å²) in [6, 6.07) is 0. The van der Waals surface area contributed by atoms with Crippen LogP contribution in [0.5, 0.6) is 5.88 Å². The van der Waals surface area contributed by atoms with Crippen molar-refractivity contribution in [1.29, 1.82) is 0 Å². The van der Waals surface area contributed by atoms with Gasteiger partial charge in [-0.15, -0.1) is 0 Å². The van der Waals surface area contributed by atoms with E-state index in [-0.39, 0.29) is 17.6 Å². The van der Waals surface area contributed by atoms with Gasteiger partial charge in [0.2, 0.25) is 5.88 Å². The first-order valence-electron chi connectivity index (χ1n) is 5.40. The Hall–Kier alpha value is -1.64. The zero-order valence-corrected chi connectivity index (χ0v) is 10.3. The number of alkyl halides is 4. The largest absolute Gasteiger partial charge is 0.471 e. The molecular weight excluding hydrogens is 268 g/mol. The first kappa shape index (κ1) is 15.4. The molecule has 0 aliphatic heterocycles. The summed E-state index contributed by atoms with van der Waals surface area (Å²) in [6.07, 6.45) is -2.76. The zero-order chi connectivity index (χ0) is 14.6. The standard InChI is InChI=1S/C10H14F4N4O/c1-5(2)6-7(18-15)16-4-17-8(6)19-3-10(13,14)9(11)12/h4-5,9H,3,15H2,1-2H3,(H,16,17,18). The van der Waals surface area contributed by atoms with Gasteiger partial charge in [0.15, 0.2) is 12.4 Å². The van der Waals surface area contributed by atoms with Crippen LogP contribution >= 0.6 is 0 Å². The number of halogens is 4. The highest BCUT2D eigenvalue weighted by Gasteiger charge is 2.42. The Kier molecular flexibility index (Phi) is 4.87. The molecule has 1 aromatic heterocycles. The molecule has 3 N–H and O–H groups in total. The van der Waals surface area contributed by atoms with E-state index in [1.165, 1.54) is 0 Å². The van der Waals surface area contributed by atoms with Gasteiger partial charge in [-0.3, -0.25) is 0 Å². The Balaban J connectivity index is 2.96. The number of hydrogen-bond donors (Lipinski definition) is 2. The number of nitrogens with two attached hydrogens (primary N) is 1. The van der Waals surface area contributed by atoms with Gasteiger partial charge in [0.05, 0.1) is 5.56 Å². The number of ether oxygens (including phenoxy) is 1. The summed E-state index contributed by atoms with van der Waals surface area (Å²) in [6.45, 7) is 2.00. The summed E-state index contributed by atoms with van der Waals surface area (Å²) in [5, 5.41) is 0. The van der Waals surface area contributed by atoms with Crippen molar-refractivity contribution in [2.45, 2.75) is 32.1 Å². The van der Waals surface area contributed by atoms with Crippen LogP contribution in [0.2, 0.25) is 0 Å². The molecule has 0 saturated carbocycles. The summed E-state index contributed by atoms with van der Waals surface area (Å²) in [7, 11) is 0. The molecule has 0 atom stereocenters. The number of anilines is 1. The highest BCUT2D eigenvalue weighted by atomic mass is 19.3. The summed E-state index contributed by atoms with van der Waals surface area (Å²) < 4.78 is 54.3. The second-order valence-electron chi connectivity index (χ2n) is 4.09. The lowest BCUT2D eigenvalue weighted by molar-refractivity contribution is -0.148. The monoisotopic (exact) mass is 282 g/mol. The quantitative estimate of drug-likeness (QED) is 0.475. The van der Waals surface area contributed by atoms with Gasteiger partial charge < -0.3 is 10.2 Å². The van der Waals surface area contributed by atoms with Crippen LogP contribution in [0.3, 0.4) is 0 Å². The van der Waals surface area contributed by atoms with E-state index in [0.717, 1.165) is 6.33 Å². The van der Waals surface area contributed by atoms with Crippen molar-refractivity contribution < 1.29 is 22.3 Å². The third-order valence-corrected chi connectivity index (χ3v) is 2.28. The minimum atomic E-state index is -4.24. The lowest BCUT2D eigenvalue weighted by Crippen LogP contribution is -2.34. The topological polar surface area (TPSA) is 73.1 Å². The second kappa shape index (κ2) is 6.00. The molecule has 0 spiro atoms. The van der Waals surface area contributed by atoms with Crippen LogP contribution in [0.15, 0.2) is 6.33 Å². The molecule has 0 saturated heterocycles. The fraction of sp³-hybridized carbons (Fsp3) is 0.600. The van der Waals surface area contributed by atoms with Crippen LogP contribution in [-0.4, -0.2) is 28.9 Å². The first-order valence-corrected chi connectivity index (χ1v) is 5.40. The molecule has 0 aliphatic rings. The van der Waals surface area contributed by atoms with E-state index in [2.05, 4.69) is 15.4 Å². The molecule has 0 amide bonds. The predicted octanol–water partition coefficient (Wildman–Crippen LogP) is 2.16. The Morgan fingerprint density at radius 2 is 2.00 bits per heavy atom. The van der Waals surface area contributed by atoms with Gasteiger partial charge in [0, 0.05) is 0 Å². The number of rotatable bonds is 6. The number of hydrogen-bond acceptors (Lipinski definition) is 5. The highest BCUT2D eigenvalue weighted by molar-refractivity contribution is 5.49. The number of nitrogens with one attached hydrogen (secondary N) is 1. The van der Waals surface area contributed by atoms with E-state index in [1.807, 2.05) is 0 Å². The Bertz CT molecular complexity index is 428. The second-order valence-corrected chi connectivity index (χ2v) is 4.09. The molecule has 19 heavy (non-hydrogen) atoms. The van der Waals surface area contributed by atoms with Crippen molar-refractivity contribution in [1.82, 2.24) is 9.97 Å². The lowest BCUT2D eigenvalue weighted by atomic mass is 10.1. The number of aromatic nitrogens is 2. The van der Waals surface area contributed by atoms with E-state index < -0.39 is 19.0 Å².